The summed E-state index contributed by atoms with van der Waals surface area (Å²) in [5, 5.41) is 11.9. The van der Waals surface area contributed by atoms with Gasteiger partial charge < -0.3 is 5.32 Å². The van der Waals surface area contributed by atoms with Gasteiger partial charge in [-0.1, -0.05) is 11.6 Å². The van der Waals surface area contributed by atoms with Gasteiger partial charge in [0.25, 0.3) is 0 Å². The van der Waals surface area contributed by atoms with E-state index < -0.39 is 6.03 Å². The number of imidazole rings is 1. The maximum atomic E-state index is 11.8. The molecule has 1 aromatic carbocycles. The Hall–Kier alpha value is -2.32. The maximum absolute atomic E-state index is 11.8. The van der Waals surface area contributed by atoms with Gasteiger partial charge in [0.15, 0.2) is 0 Å². The van der Waals surface area contributed by atoms with Gasteiger partial charge in [0.1, 0.15) is 6.07 Å². The third-order valence-corrected chi connectivity index (χ3v) is 2.31. The van der Waals surface area contributed by atoms with Gasteiger partial charge in [0, 0.05) is 23.1 Å². The molecule has 1 N–H and O–H groups in total. The summed E-state index contributed by atoms with van der Waals surface area (Å²) in [6.45, 7) is 0. The van der Waals surface area contributed by atoms with E-state index in [1.54, 1.807) is 24.3 Å². The highest BCUT2D eigenvalue weighted by molar-refractivity contribution is 6.30. The van der Waals surface area contributed by atoms with E-state index in [2.05, 4.69) is 10.3 Å². The lowest BCUT2D eigenvalue weighted by atomic mass is 10.3. The highest BCUT2D eigenvalue weighted by Crippen LogP contribution is 2.13. The van der Waals surface area contributed by atoms with Gasteiger partial charge in [-0.3, -0.25) is 0 Å². The Morgan fingerprint density at radius 2 is 2.12 bits per heavy atom. The molecule has 2 rings (SSSR count). The quantitative estimate of drug-likeness (QED) is 0.840. The van der Waals surface area contributed by atoms with E-state index in [1.165, 1.54) is 12.4 Å². The van der Waals surface area contributed by atoms with E-state index in [-0.39, 0.29) is 5.82 Å². The van der Waals surface area contributed by atoms with Gasteiger partial charge in [-0.15, -0.1) is 0 Å². The number of nitrogens with zero attached hydrogens (tertiary/aromatic N) is 3. The van der Waals surface area contributed by atoms with Crippen LogP contribution in [0.2, 0.25) is 5.02 Å². The number of amides is 1. The summed E-state index contributed by atoms with van der Waals surface area (Å²) >= 11 is 5.72. The minimum atomic E-state index is -0.443. The summed E-state index contributed by atoms with van der Waals surface area (Å²) in [6.07, 6.45) is 2.81. The van der Waals surface area contributed by atoms with Crippen LogP contribution >= 0.6 is 11.6 Å². The fourth-order valence-corrected chi connectivity index (χ4v) is 1.39. The molecule has 0 aliphatic heterocycles. The van der Waals surface area contributed by atoms with Crippen LogP contribution in [0.4, 0.5) is 10.5 Å². The first-order chi connectivity index (χ1) is 8.20. The largest absolute Gasteiger partial charge is 0.332 e. The van der Waals surface area contributed by atoms with Crippen molar-refractivity contribution in [1.29, 1.82) is 5.26 Å². The molecule has 6 heteroatoms. The van der Waals surface area contributed by atoms with Crippen LogP contribution in [0.3, 0.4) is 0 Å². The average molecular weight is 247 g/mol. The number of halogens is 1. The van der Waals surface area contributed by atoms with Crippen molar-refractivity contribution in [2.45, 2.75) is 0 Å². The van der Waals surface area contributed by atoms with Crippen LogP contribution in [0.15, 0.2) is 36.7 Å². The summed E-state index contributed by atoms with van der Waals surface area (Å²) in [7, 11) is 0. The molecule has 0 spiro atoms. The minimum absolute atomic E-state index is 0.0384. The summed E-state index contributed by atoms with van der Waals surface area (Å²) in [4.78, 5) is 15.5. The van der Waals surface area contributed by atoms with Crippen molar-refractivity contribution in [2.24, 2.45) is 0 Å². The fourth-order valence-electron chi connectivity index (χ4n) is 1.27. The van der Waals surface area contributed by atoms with Crippen molar-refractivity contribution in [3.8, 4) is 6.07 Å². The Kier molecular flexibility index (Phi) is 3.08. The van der Waals surface area contributed by atoms with Gasteiger partial charge >= 0.3 is 6.03 Å². The van der Waals surface area contributed by atoms with Crippen molar-refractivity contribution in [3.63, 3.8) is 0 Å². The fraction of sp³-hybridized carbons (Fsp3) is 0. The number of benzene rings is 1. The average Bonchev–Trinajstić information content (AvgIpc) is 2.80. The lowest BCUT2D eigenvalue weighted by Gasteiger charge is -2.05. The van der Waals surface area contributed by atoms with E-state index in [1.807, 2.05) is 6.07 Å². The van der Waals surface area contributed by atoms with Gasteiger partial charge in [0.2, 0.25) is 5.82 Å². The molecule has 17 heavy (non-hydrogen) atoms. The Morgan fingerprint density at radius 1 is 1.41 bits per heavy atom. The van der Waals surface area contributed by atoms with Crippen molar-refractivity contribution in [3.05, 3.63) is 47.5 Å². The smallest absolute Gasteiger partial charge is 0.307 e. The van der Waals surface area contributed by atoms with Crippen LogP contribution in [0.25, 0.3) is 0 Å². The number of aromatic nitrogens is 2. The van der Waals surface area contributed by atoms with Crippen molar-refractivity contribution in [1.82, 2.24) is 9.55 Å². The van der Waals surface area contributed by atoms with E-state index in [0.717, 1.165) is 4.57 Å². The number of hydrogen-bond acceptors (Lipinski definition) is 3. The number of nitriles is 1. The number of carbonyl (C=O) groups excluding carboxylic acids is 1. The highest BCUT2D eigenvalue weighted by Gasteiger charge is 2.09. The summed E-state index contributed by atoms with van der Waals surface area (Å²) < 4.78 is 1.13. The Bertz CT molecular complexity index is 582. The highest BCUT2D eigenvalue weighted by atomic mass is 35.5. The monoisotopic (exact) mass is 246 g/mol. The molecular formula is C11H7ClN4O. The molecule has 0 saturated heterocycles. The van der Waals surface area contributed by atoms with E-state index in [0.29, 0.717) is 10.7 Å². The second-order valence-electron chi connectivity index (χ2n) is 3.17. The van der Waals surface area contributed by atoms with Crippen LogP contribution in [0, 0.1) is 11.3 Å². The molecule has 0 radical (unpaired) electrons. The Labute approximate surface area is 102 Å². The molecule has 2 aromatic rings. The first kappa shape index (κ1) is 11.2. The molecule has 1 heterocycles. The number of carbonyl (C=O) groups is 1. The summed E-state index contributed by atoms with van der Waals surface area (Å²) in [6, 6.07) is 8.04. The lowest BCUT2D eigenvalue weighted by Crippen LogP contribution is -2.20. The molecule has 0 aliphatic rings. The predicted octanol–water partition coefficient (Wildman–Crippen LogP) is 2.49. The zero-order chi connectivity index (χ0) is 12.3. The van der Waals surface area contributed by atoms with Crippen LogP contribution in [-0.4, -0.2) is 15.6 Å². The molecule has 1 aromatic heterocycles. The number of hydrogen-bond donors (Lipinski definition) is 1. The second kappa shape index (κ2) is 4.68. The van der Waals surface area contributed by atoms with Gasteiger partial charge in [-0.2, -0.15) is 5.26 Å². The Balaban J connectivity index is 2.18. The number of nitrogens with one attached hydrogen (secondary N) is 1. The summed E-state index contributed by atoms with van der Waals surface area (Å²) in [5.74, 6) is 0.0384. The molecule has 0 saturated carbocycles. The maximum Gasteiger partial charge on any atom is 0.332 e. The van der Waals surface area contributed by atoms with Crippen molar-refractivity contribution >= 4 is 23.3 Å². The summed E-state index contributed by atoms with van der Waals surface area (Å²) in [5.41, 5.74) is 0.594. The molecule has 0 bridgehead atoms. The number of rotatable bonds is 1. The topological polar surface area (TPSA) is 70.7 Å². The first-order valence-corrected chi connectivity index (χ1v) is 5.09. The third-order valence-electron chi connectivity index (χ3n) is 2.06. The van der Waals surface area contributed by atoms with Gasteiger partial charge in [0.05, 0.1) is 0 Å². The minimum Gasteiger partial charge on any atom is -0.307 e. The molecule has 0 atom stereocenters. The Morgan fingerprint density at radius 3 is 2.76 bits per heavy atom. The van der Waals surface area contributed by atoms with E-state index >= 15 is 0 Å². The molecule has 84 valence electrons. The molecule has 0 fully saturated rings. The predicted molar refractivity (Wildman–Crippen MR) is 62.8 cm³/mol. The first-order valence-electron chi connectivity index (χ1n) is 4.71. The zero-order valence-corrected chi connectivity index (χ0v) is 9.35. The van der Waals surface area contributed by atoms with Gasteiger partial charge in [-0.25, -0.2) is 14.3 Å². The lowest BCUT2D eigenvalue weighted by molar-refractivity contribution is 0.253. The van der Waals surface area contributed by atoms with Crippen LogP contribution < -0.4 is 5.32 Å². The zero-order valence-electron chi connectivity index (χ0n) is 8.59. The number of anilines is 1. The van der Waals surface area contributed by atoms with E-state index in [4.69, 9.17) is 16.9 Å². The normalized spacial score (nSPS) is 9.65. The van der Waals surface area contributed by atoms with Gasteiger partial charge in [-0.05, 0) is 24.3 Å². The van der Waals surface area contributed by atoms with Crippen LogP contribution in [0.1, 0.15) is 5.82 Å². The standard InChI is InChI=1S/C11H7ClN4O/c12-8-1-3-9(4-2-8)15-11(17)16-6-5-14-10(16)7-13/h1-6H,(H,15,17). The van der Waals surface area contributed by atoms with Crippen LogP contribution in [0.5, 0.6) is 0 Å². The van der Waals surface area contributed by atoms with Crippen molar-refractivity contribution in [2.75, 3.05) is 5.32 Å². The molecule has 0 aliphatic carbocycles. The third kappa shape index (κ3) is 2.44. The second-order valence-corrected chi connectivity index (χ2v) is 3.61. The van der Waals surface area contributed by atoms with Crippen molar-refractivity contribution < 1.29 is 4.79 Å². The SMILES string of the molecule is N#Cc1nccn1C(=O)Nc1ccc(Cl)cc1. The van der Waals surface area contributed by atoms with Crippen LogP contribution in [-0.2, 0) is 0 Å². The molecular weight excluding hydrogens is 240 g/mol. The van der Waals surface area contributed by atoms with E-state index in [9.17, 15) is 4.79 Å². The molecule has 1 amide bonds. The molecule has 5 nitrogen and oxygen atoms in total. The molecule has 0 unspecified atom stereocenters.